The highest BCUT2D eigenvalue weighted by Gasteiger charge is 2.45. The van der Waals surface area contributed by atoms with Crippen LogP contribution in [0.15, 0.2) is 42.6 Å². The summed E-state index contributed by atoms with van der Waals surface area (Å²) in [5.41, 5.74) is 7.46. The first-order valence-electron chi connectivity index (χ1n) is 9.16. The molecular formula is C20H18ClN5O5. The van der Waals surface area contributed by atoms with Gasteiger partial charge in [-0.3, -0.25) is 4.79 Å². The SMILES string of the molecule is C=C1[C@H](c2ccccc2C(=O)OC)O[C@@H](n2ncc3c(N)nc(Cl)nc32)[C@@H]1OC(C)=O. The number of aromatic nitrogens is 4. The van der Waals surface area contributed by atoms with Crippen molar-refractivity contribution in [1.82, 2.24) is 19.7 Å². The number of esters is 2. The first kappa shape index (κ1) is 20.8. The maximum absolute atomic E-state index is 12.3. The number of rotatable bonds is 4. The molecule has 1 aliphatic heterocycles. The zero-order valence-corrected chi connectivity index (χ0v) is 17.4. The minimum Gasteiger partial charge on any atom is -0.465 e. The first-order valence-corrected chi connectivity index (χ1v) is 9.54. The van der Waals surface area contributed by atoms with Gasteiger partial charge >= 0.3 is 11.9 Å². The fourth-order valence-electron chi connectivity index (χ4n) is 3.53. The number of nitrogen functional groups attached to an aromatic ring is 1. The third kappa shape index (κ3) is 3.60. The van der Waals surface area contributed by atoms with Crippen molar-refractivity contribution in [3.05, 3.63) is 59.0 Å². The number of anilines is 1. The molecule has 1 aromatic carbocycles. The Morgan fingerprint density at radius 3 is 2.74 bits per heavy atom. The summed E-state index contributed by atoms with van der Waals surface area (Å²) in [7, 11) is 1.29. The van der Waals surface area contributed by atoms with Crippen LogP contribution in [0.5, 0.6) is 0 Å². The third-order valence-electron chi connectivity index (χ3n) is 4.88. The zero-order valence-electron chi connectivity index (χ0n) is 16.6. The Bertz CT molecular complexity index is 1210. The van der Waals surface area contributed by atoms with Crippen molar-refractivity contribution in [3.63, 3.8) is 0 Å². The summed E-state index contributed by atoms with van der Waals surface area (Å²) in [5, 5.41) is 4.69. The van der Waals surface area contributed by atoms with E-state index in [1.165, 1.54) is 24.9 Å². The predicted molar refractivity (Wildman–Crippen MR) is 110 cm³/mol. The Labute approximate surface area is 181 Å². The summed E-state index contributed by atoms with van der Waals surface area (Å²) in [4.78, 5) is 32.2. The molecular weight excluding hydrogens is 426 g/mol. The number of nitrogens with zero attached hydrogens (tertiary/aromatic N) is 4. The summed E-state index contributed by atoms with van der Waals surface area (Å²) in [6, 6.07) is 6.79. The predicted octanol–water partition coefficient (Wildman–Crippen LogP) is 2.61. The van der Waals surface area contributed by atoms with Crippen LogP contribution in [0.1, 0.15) is 35.2 Å². The van der Waals surface area contributed by atoms with Gasteiger partial charge in [0.25, 0.3) is 0 Å². The quantitative estimate of drug-likeness (QED) is 0.367. The van der Waals surface area contributed by atoms with Gasteiger partial charge in [0.05, 0.1) is 24.3 Å². The number of carbonyl (C=O) groups is 2. The fourth-order valence-corrected chi connectivity index (χ4v) is 3.70. The van der Waals surface area contributed by atoms with Gasteiger partial charge in [0.2, 0.25) is 5.28 Å². The molecule has 1 fully saturated rings. The number of fused-ring (bicyclic) bond motifs is 1. The smallest absolute Gasteiger partial charge is 0.338 e. The lowest BCUT2D eigenvalue weighted by atomic mass is 9.96. The Morgan fingerprint density at radius 1 is 1.29 bits per heavy atom. The average Bonchev–Trinajstić information content (AvgIpc) is 3.29. The number of halogens is 1. The van der Waals surface area contributed by atoms with E-state index in [2.05, 4.69) is 21.6 Å². The van der Waals surface area contributed by atoms with Crippen molar-refractivity contribution in [2.75, 3.05) is 12.8 Å². The monoisotopic (exact) mass is 443 g/mol. The molecule has 4 rings (SSSR count). The van der Waals surface area contributed by atoms with Crippen LogP contribution in [0.2, 0.25) is 5.28 Å². The number of carbonyl (C=O) groups excluding carboxylic acids is 2. The molecule has 2 N–H and O–H groups in total. The van der Waals surface area contributed by atoms with Crippen molar-refractivity contribution in [2.45, 2.75) is 25.4 Å². The van der Waals surface area contributed by atoms with E-state index in [1.54, 1.807) is 24.3 Å². The van der Waals surface area contributed by atoms with E-state index in [0.29, 0.717) is 27.7 Å². The lowest BCUT2D eigenvalue weighted by Gasteiger charge is -2.19. The van der Waals surface area contributed by atoms with Gasteiger partial charge in [-0.2, -0.15) is 10.1 Å². The van der Waals surface area contributed by atoms with Gasteiger partial charge in [0, 0.05) is 12.5 Å². The number of methoxy groups -OCH3 is 1. The summed E-state index contributed by atoms with van der Waals surface area (Å²) < 4.78 is 18.0. The average molecular weight is 444 g/mol. The lowest BCUT2D eigenvalue weighted by molar-refractivity contribution is -0.151. The minimum atomic E-state index is -0.935. The normalized spacial score (nSPS) is 20.7. The molecule has 0 unspecified atom stereocenters. The van der Waals surface area contributed by atoms with Crippen LogP contribution in [0.3, 0.4) is 0 Å². The topological polar surface area (TPSA) is 131 Å². The van der Waals surface area contributed by atoms with E-state index in [4.69, 9.17) is 31.5 Å². The second-order valence-corrected chi connectivity index (χ2v) is 7.13. The first-order chi connectivity index (χ1) is 14.8. The summed E-state index contributed by atoms with van der Waals surface area (Å²) in [5.74, 6) is -0.920. The summed E-state index contributed by atoms with van der Waals surface area (Å²) in [6.07, 6.45) is -1.16. The molecule has 0 bridgehead atoms. The molecule has 2 aromatic heterocycles. The molecule has 3 atom stereocenters. The van der Waals surface area contributed by atoms with Crippen molar-refractivity contribution in [3.8, 4) is 0 Å². The Kier molecular flexibility index (Phi) is 5.34. The molecule has 0 aliphatic carbocycles. The molecule has 31 heavy (non-hydrogen) atoms. The molecule has 0 radical (unpaired) electrons. The molecule has 0 amide bonds. The van der Waals surface area contributed by atoms with Gasteiger partial charge < -0.3 is 19.9 Å². The third-order valence-corrected chi connectivity index (χ3v) is 5.04. The summed E-state index contributed by atoms with van der Waals surface area (Å²) in [6.45, 7) is 5.35. The van der Waals surface area contributed by atoms with Gasteiger partial charge in [-0.25, -0.2) is 14.5 Å². The maximum atomic E-state index is 12.3. The van der Waals surface area contributed by atoms with E-state index >= 15 is 0 Å². The highest BCUT2D eigenvalue weighted by atomic mass is 35.5. The van der Waals surface area contributed by atoms with Gasteiger partial charge in [-0.1, -0.05) is 24.8 Å². The van der Waals surface area contributed by atoms with Crippen LogP contribution in [0.4, 0.5) is 5.82 Å². The van der Waals surface area contributed by atoms with Crippen LogP contribution in [-0.4, -0.2) is 44.9 Å². The van der Waals surface area contributed by atoms with Crippen LogP contribution < -0.4 is 5.73 Å². The molecule has 0 saturated carbocycles. The van der Waals surface area contributed by atoms with E-state index in [0.717, 1.165) is 0 Å². The standard InChI is InChI=1S/C20H18ClN5O5/c1-9-14(11-6-4-5-7-12(11)19(28)29-3)31-18(15(9)30-10(2)27)26-17-13(8-23-26)16(22)24-20(21)25-17/h4-8,14-15,18H,1H2,2-3H3,(H2,22,24,25)/t14-,15-,18-/m1/s1. The van der Waals surface area contributed by atoms with Gasteiger partial charge in [-0.15, -0.1) is 0 Å². The number of benzene rings is 1. The number of ether oxygens (including phenoxy) is 3. The van der Waals surface area contributed by atoms with Crippen LogP contribution in [0, 0.1) is 0 Å². The van der Waals surface area contributed by atoms with E-state index in [1.807, 2.05) is 0 Å². The fraction of sp³-hybridized carbons (Fsp3) is 0.250. The van der Waals surface area contributed by atoms with Crippen molar-refractivity contribution < 1.29 is 23.8 Å². The molecule has 1 saturated heterocycles. The van der Waals surface area contributed by atoms with Crippen LogP contribution >= 0.6 is 11.6 Å². The number of hydrogen-bond acceptors (Lipinski definition) is 9. The minimum absolute atomic E-state index is 0.0693. The van der Waals surface area contributed by atoms with Crippen LogP contribution in [-0.2, 0) is 19.0 Å². The Balaban J connectivity index is 1.82. The second kappa shape index (κ2) is 7.97. The van der Waals surface area contributed by atoms with Gasteiger partial charge in [0.1, 0.15) is 11.9 Å². The lowest BCUT2D eigenvalue weighted by Crippen LogP contribution is -2.26. The van der Waals surface area contributed by atoms with E-state index in [-0.39, 0.29) is 11.1 Å². The molecule has 0 spiro atoms. The van der Waals surface area contributed by atoms with Gasteiger partial charge in [0.15, 0.2) is 18.0 Å². The van der Waals surface area contributed by atoms with Crippen molar-refractivity contribution in [1.29, 1.82) is 0 Å². The van der Waals surface area contributed by atoms with E-state index in [9.17, 15) is 9.59 Å². The molecule has 11 heteroatoms. The molecule has 3 heterocycles. The Morgan fingerprint density at radius 2 is 2.03 bits per heavy atom. The van der Waals surface area contributed by atoms with Crippen molar-refractivity contribution >= 4 is 40.4 Å². The zero-order chi connectivity index (χ0) is 22.3. The molecule has 1 aliphatic rings. The molecule has 10 nitrogen and oxygen atoms in total. The highest BCUT2D eigenvalue weighted by Crippen LogP contribution is 2.45. The van der Waals surface area contributed by atoms with Crippen molar-refractivity contribution in [2.24, 2.45) is 0 Å². The second-order valence-electron chi connectivity index (χ2n) is 6.79. The Hall–Kier alpha value is -3.50. The molecule has 160 valence electrons. The van der Waals surface area contributed by atoms with Gasteiger partial charge in [-0.05, 0) is 23.2 Å². The summed E-state index contributed by atoms with van der Waals surface area (Å²) >= 11 is 5.97. The largest absolute Gasteiger partial charge is 0.465 e. The number of nitrogens with two attached hydrogens (primary N) is 1. The maximum Gasteiger partial charge on any atom is 0.338 e. The van der Waals surface area contributed by atoms with Crippen LogP contribution in [0.25, 0.3) is 11.0 Å². The molecule has 3 aromatic rings. The number of hydrogen-bond donors (Lipinski definition) is 1. The highest BCUT2D eigenvalue weighted by molar-refractivity contribution is 6.28. The van der Waals surface area contributed by atoms with E-state index < -0.39 is 30.4 Å².